The number of carbonyl (C=O) groups excluding carboxylic acids is 1. The summed E-state index contributed by atoms with van der Waals surface area (Å²) in [6, 6.07) is 16.4. The average molecular weight is 336 g/mol. The van der Waals surface area contributed by atoms with Gasteiger partial charge < -0.3 is 14.6 Å². The van der Waals surface area contributed by atoms with Crippen molar-refractivity contribution >= 4 is 16.8 Å². The first kappa shape index (κ1) is 17.1. The normalized spacial score (nSPS) is 10.8. The Hall–Kier alpha value is -2.75. The fourth-order valence-corrected chi connectivity index (χ4v) is 2.97. The molecule has 0 aliphatic carbocycles. The summed E-state index contributed by atoms with van der Waals surface area (Å²) in [4.78, 5) is 11.9. The Morgan fingerprint density at radius 1 is 1.12 bits per heavy atom. The summed E-state index contributed by atoms with van der Waals surface area (Å²) in [6.45, 7) is 5.60. The maximum atomic E-state index is 11.9. The Labute approximate surface area is 148 Å². The number of ether oxygens (including phenoxy) is 1. The number of para-hydroxylation sites is 1. The number of rotatable bonds is 7. The van der Waals surface area contributed by atoms with E-state index >= 15 is 0 Å². The lowest BCUT2D eigenvalue weighted by Gasteiger charge is -2.10. The van der Waals surface area contributed by atoms with E-state index in [-0.39, 0.29) is 12.5 Å². The monoisotopic (exact) mass is 336 g/mol. The molecule has 1 N–H and O–H groups in total. The third-order valence-electron chi connectivity index (χ3n) is 4.27. The third kappa shape index (κ3) is 4.41. The molecule has 0 spiro atoms. The van der Waals surface area contributed by atoms with Gasteiger partial charge in [0.15, 0.2) is 6.61 Å². The predicted octanol–water partition coefficient (Wildman–Crippen LogP) is 3.84. The average Bonchev–Trinajstić information content (AvgIpc) is 3.01. The molecule has 1 aromatic heterocycles. The molecule has 1 heterocycles. The highest BCUT2D eigenvalue weighted by molar-refractivity contribution is 5.80. The summed E-state index contributed by atoms with van der Waals surface area (Å²) in [7, 11) is 0. The van der Waals surface area contributed by atoms with Crippen molar-refractivity contribution in [3.05, 3.63) is 65.9 Å². The first-order valence-corrected chi connectivity index (χ1v) is 8.64. The van der Waals surface area contributed by atoms with Crippen molar-refractivity contribution in [2.45, 2.75) is 26.8 Å². The van der Waals surface area contributed by atoms with E-state index in [2.05, 4.69) is 40.3 Å². The van der Waals surface area contributed by atoms with E-state index in [0.717, 1.165) is 24.3 Å². The molecule has 130 valence electrons. The number of amides is 1. The molecule has 2 aromatic carbocycles. The van der Waals surface area contributed by atoms with E-state index in [4.69, 9.17) is 4.74 Å². The van der Waals surface area contributed by atoms with Crippen LogP contribution < -0.4 is 10.1 Å². The summed E-state index contributed by atoms with van der Waals surface area (Å²) in [5.41, 5.74) is 3.46. The van der Waals surface area contributed by atoms with E-state index in [9.17, 15) is 4.79 Å². The maximum absolute atomic E-state index is 11.9. The van der Waals surface area contributed by atoms with Gasteiger partial charge in [0.05, 0.1) is 0 Å². The molecule has 0 aliphatic heterocycles. The van der Waals surface area contributed by atoms with Crippen molar-refractivity contribution in [3.63, 3.8) is 0 Å². The zero-order valence-electron chi connectivity index (χ0n) is 14.8. The highest BCUT2D eigenvalue weighted by atomic mass is 16.5. The van der Waals surface area contributed by atoms with Crippen molar-refractivity contribution in [2.75, 3.05) is 13.2 Å². The summed E-state index contributed by atoms with van der Waals surface area (Å²) in [6.07, 6.45) is 2.98. The maximum Gasteiger partial charge on any atom is 0.257 e. The number of fused-ring (bicyclic) bond motifs is 1. The molecule has 0 fully saturated rings. The highest BCUT2D eigenvalue weighted by Gasteiger charge is 2.05. The first-order chi connectivity index (χ1) is 12.1. The molecule has 0 bridgehead atoms. The van der Waals surface area contributed by atoms with E-state index in [1.807, 2.05) is 38.1 Å². The van der Waals surface area contributed by atoms with Crippen LogP contribution in [-0.4, -0.2) is 23.6 Å². The fourth-order valence-electron chi connectivity index (χ4n) is 2.97. The lowest BCUT2D eigenvalue weighted by Crippen LogP contribution is -2.30. The molecule has 0 saturated carbocycles. The summed E-state index contributed by atoms with van der Waals surface area (Å²) < 4.78 is 7.81. The molecular weight excluding hydrogens is 312 g/mol. The molecule has 0 atom stereocenters. The van der Waals surface area contributed by atoms with Crippen LogP contribution in [0.5, 0.6) is 5.75 Å². The van der Waals surface area contributed by atoms with E-state index in [1.54, 1.807) is 0 Å². The van der Waals surface area contributed by atoms with Gasteiger partial charge in [-0.05, 0) is 49.4 Å². The second kappa shape index (κ2) is 7.88. The minimum absolute atomic E-state index is 0.0519. The number of hydrogen-bond acceptors (Lipinski definition) is 2. The van der Waals surface area contributed by atoms with Crippen molar-refractivity contribution in [1.82, 2.24) is 9.88 Å². The third-order valence-corrected chi connectivity index (χ3v) is 4.27. The number of benzene rings is 2. The van der Waals surface area contributed by atoms with Crippen LogP contribution in [0.15, 0.2) is 54.7 Å². The predicted molar refractivity (Wildman–Crippen MR) is 101 cm³/mol. The zero-order valence-corrected chi connectivity index (χ0v) is 14.8. The van der Waals surface area contributed by atoms with Crippen LogP contribution in [0.1, 0.15) is 17.5 Å². The zero-order chi connectivity index (χ0) is 17.6. The van der Waals surface area contributed by atoms with Gasteiger partial charge in [-0.15, -0.1) is 0 Å². The van der Waals surface area contributed by atoms with Crippen molar-refractivity contribution < 1.29 is 9.53 Å². The van der Waals surface area contributed by atoms with Crippen LogP contribution in [0, 0.1) is 13.8 Å². The fraction of sp³-hybridized carbons (Fsp3) is 0.286. The molecule has 0 saturated heterocycles. The van der Waals surface area contributed by atoms with Crippen LogP contribution in [0.2, 0.25) is 0 Å². The SMILES string of the molecule is Cc1ccc(OCC(=O)NCCCn2ccc3ccccc32)c(C)c1. The van der Waals surface area contributed by atoms with Gasteiger partial charge in [0, 0.05) is 24.8 Å². The van der Waals surface area contributed by atoms with Crippen LogP contribution in [0.3, 0.4) is 0 Å². The molecule has 0 aliphatic rings. The minimum atomic E-state index is -0.0858. The van der Waals surface area contributed by atoms with Gasteiger partial charge >= 0.3 is 0 Å². The van der Waals surface area contributed by atoms with E-state index < -0.39 is 0 Å². The summed E-state index contributed by atoms with van der Waals surface area (Å²) in [5, 5.41) is 4.16. The Bertz CT molecular complexity index is 867. The van der Waals surface area contributed by atoms with Crippen LogP contribution in [0.25, 0.3) is 10.9 Å². The van der Waals surface area contributed by atoms with Gasteiger partial charge in [0.2, 0.25) is 0 Å². The molecule has 1 amide bonds. The minimum Gasteiger partial charge on any atom is -0.484 e. The topological polar surface area (TPSA) is 43.3 Å². The molecule has 25 heavy (non-hydrogen) atoms. The van der Waals surface area contributed by atoms with Crippen LogP contribution in [0.4, 0.5) is 0 Å². The second-order valence-electron chi connectivity index (χ2n) is 6.33. The van der Waals surface area contributed by atoms with Crippen LogP contribution >= 0.6 is 0 Å². The molecule has 3 rings (SSSR count). The highest BCUT2D eigenvalue weighted by Crippen LogP contribution is 2.18. The van der Waals surface area contributed by atoms with Crippen molar-refractivity contribution in [2.24, 2.45) is 0 Å². The van der Waals surface area contributed by atoms with E-state index in [1.165, 1.54) is 16.5 Å². The van der Waals surface area contributed by atoms with Gasteiger partial charge in [-0.1, -0.05) is 35.9 Å². The molecule has 4 heteroatoms. The quantitative estimate of drug-likeness (QED) is 0.666. The number of aromatic nitrogens is 1. The van der Waals surface area contributed by atoms with E-state index in [0.29, 0.717) is 6.54 Å². The summed E-state index contributed by atoms with van der Waals surface area (Å²) >= 11 is 0. The Morgan fingerprint density at radius 3 is 2.80 bits per heavy atom. The number of nitrogens with one attached hydrogen (secondary N) is 1. The molecule has 4 nitrogen and oxygen atoms in total. The number of carbonyl (C=O) groups is 1. The number of aryl methyl sites for hydroxylation is 3. The van der Waals surface area contributed by atoms with Crippen molar-refractivity contribution in [3.8, 4) is 5.75 Å². The Kier molecular flexibility index (Phi) is 5.39. The van der Waals surface area contributed by atoms with Gasteiger partial charge in [0.25, 0.3) is 5.91 Å². The van der Waals surface area contributed by atoms with Gasteiger partial charge in [-0.2, -0.15) is 0 Å². The molecule has 0 radical (unpaired) electrons. The largest absolute Gasteiger partial charge is 0.484 e. The van der Waals surface area contributed by atoms with Crippen molar-refractivity contribution in [1.29, 1.82) is 0 Å². The molecule has 0 unspecified atom stereocenters. The Morgan fingerprint density at radius 2 is 1.96 bits per heavy atom. The van der Waals surface area contributed by atoms with Crippen LogP contribution in [-0.2, 0) is 11.3 Å². The van der Waals surface area contributed by atoms with Gasteiger partial charge in [-0.25, -0.2) is 0 Å². The summed E-state index contributed by atoms with van der Waals surface area (Å²) in [5.74, 6) is 0.678. The second-order valence-corrected chi connectivity index (χ2v) is 6.33. The lowest BCUT2D eigenvalue weighted by atomic mass is 10.1. The van der Waals surface area contributed by atoms with Gasteiger partial charge in [0.1, 0.15) is 5.75 Å². The smallest absolute Gasteiger partial charge is 0.257 e. The first-order valence-electron chi connectivity index (χ1n) is 8.64. The van der Waals surface area contributed by atoms with Gasteiger partial charge in [-0.3, -0.25) is 4.79 Å². The molecular formula is C21H24N2O2. The number of nitrogens with zero attached hydrogens (tertiary/aromatic N) is 1. The standard InChI is InChI=1S/C21H24N2O2/c1-16-8-9-20(17(2)14-16)25-15-21(24)22-11-5-12-23-13-10-18-6-3-4-7-19(18)23/h3-4,6-10,13-14H,5,11-12,15H2,1-2H3,(H,22,24). The Balaban J connectivity index is 1.40. The number of hydrogen-bond donors (Lipinski definition) is 1. The lowest BCUT2D eigenvalue weighted by molar-refractivity contribution is -0.123. The molecule has 3 aromatic rings.